The highest BCUT2D eigenvalue weighted by molar-refractivity contribution is 7.90. The van der Waals surface area contributed by atoms with Crippen LogP contribution < -0.4 is 0 Å². The van der Waals surface area contributed by atoms with E-state index in [1.165, 1.54) is 6.26 Å². The van der Waals surface area contributed by atoms with Crippen molar-refractivity contribution in [3.8, 4) is 0 Å². The van der Waals surface area contributed by atoms with Crippen molar-refractivity contribution in [2.45, 2.75) is 77.7 Å². The number of ether oxygens (including phenoxy) is 3. The Morgan fingerprint density at radius 2 is 1.71 bits per heavy atom. The molecule has 1 aliphatic heterocycles. The van der Waals surface area contributed by atoms with Crippen molar-refractivity contribution in [3.63, 3.8) is 0 Å². The monoisotopic (exact) mass is 576 g/mol. The molecule has 0 unspecified atom stereocenters. The lowest BCUT2D eigenvalue weighted by molar-refractivity contribution is -0.144. The van der Waals surface area contributed by atoms with Gasteiger partial charge in [-0.15, -0.1) is 5.10 Å². The Kier molecular flexibility index (Phi) is 13.8. The number of carbonyl (C=O) groups is 1. The lowest BCUT2D eigenvalue weighted by Gasteiger charge is -2.35. The van der Waals surface area contributed by atoms with Gasteiger partial charge in [-0.05, 0) is 51.5 Å². The predicted octanol–water partition coefficient (Wildman–Crippen LogP) is 3.08. The summed E-state index contributed by atoms with van der Waals surface area (Å²) in [4.78, 5) is 16.1. The van der Waals surface area contributed by atoms with Gasteiger partial charge in [-0.3, -0.25) is 14.7 Å². The number of amidine groups is 1. The molecule has 0 bridgehead atoms. The van der Waals surface area contributed by atoms with Crippen LogP contribution in [0.25, 0.3) is 0 Å². The van der Waals surface area contributed by atoms with Gasteiger partial charge in [-0.25, -0.2) is 8.42 Å². The summed E-state index contributed by atoms with van der Waals surface area (Å²) in [6.45, 7) is 16.8. The molecule has 12 heteroatoms. The highest BCUT2D eigenvalue weighted by atomic mass is 32.2. The maximum absolute atomic E-state index is 11.9. The number of rotatable bonds is 14. The summed E-state index contributed by atoms with van der Waals surface area (Å²) < 4.78 is 40.8. The number of carbonyl (C=O) groups excluding carboxylic acids is 1. The molecule has 222 valence electrons. The third kappa shape index (κ3) is 13.6. The Bertz CT molecular complexity index is 835. The molecule has 2 rings (SSSR count). The van der Waals surface area contributed by atoms with E-state index in [9.17, 15) is 13.2 Å². The van der Waals surface area contributed by atoms with Crippen LogP contribution in [0.2, 0.25) is 25.7 Å². The lowest BCUT2D eigenvalue weighted by Crippen LogP contribution is -2.47. The van der Waals surface area contributed by atoms with Crippen LogP contribution in [0.1, 0.15) is 46.0 Å². The van der Waals surface area contributed by atoms with Crippen LogP contribution in [-0.2, 0) is 28.8 Å². The molecule has 0 N–H and O–H groups in total. The summed E-state index contributed by atoms with van der Waals surface area (Å²) in [6.07, 6.45) is 5.47. The molecule has 1 heterocycles. The van der Waals surface area contributed by atoms with Gasteiger partial charge in [-0.1, -0.05) is 19.6 Å². The zero-order chi connectivity index (χ0) is 28.2. The summed E-state index contributed by atoms with van der Waals surface area (Å²) in [5.41, 5.74) is 0. The van der Waals surface area contributed by atoms with E-state index in [0.29, 0.717) is 38.2 Å². The summed E-state index contributed by atoms with van der Waals surface area (Å²) >= 11 is 0. The van der Waals surface area contributed by atoms with Crippen molar-refractivity contribution in [2.75, 3.05) is 71.2 Å². The number of hydrogen-bond acceptors (Lipinski definition) is 9. The van der Waals surface area contributed by atoms with E-state index in [1.54, 1.807) is 0 Å². The fraction of sp³-hybridized carbons (Fsp3) is 0.923. The van der Waals surface area contributed by atoms with Gasteiger partial charge in [0, 0.05) is 66.6 Å². The largest absolute Gasteiger partial charge is 0.466 e. The molecule has 2 aliphatic rings. The molecule has 0 aromatic rings. The van der Waals surface area contributed by atoms with Gasteiger partial charge in [-0.2, -0.15) is 0 Å². The predicted molar refractivity (Wildman–Crippen MR) is 155 cm³/mol. The van der Waals surface area contributed by atoms with Crippen LogP contribution in [0.3, 0.4) is 0 Å². The molecule has 0 radical (unpaired) electrons. The standard InChI is InChI=1S/C26H52N4O6SSi/c1-7-29(22-34-18-20-38(4,5)6)26(27-30-15-13-28(14-16-30)17-19-37(3,32)33)36-24-11-9-23(10-12-24)21-25(31)35-8-2/h23-24H,7-22H2,1-6H3/t23-,24-. The van der Waals surface area contributed by atoms with Gasteiger partial charge in [0.2, 0.25) is 0 Å². The minimum atomic E-state index is -2.97. The third-order valence-electron chi connectivity index (χ3n) is 7.08. The number of piperazine rings is 1. The highest BCUT2D eigenvalue weighted by Crippen LogP contribution is 2.29. The van der Waals surface area contributed by atoms with Crippen LogP contribution in [0.5, 0.6) is 0 Å². The topological polar surface area (TPSA) is 101 Å². The second-order valence-corrected chi connectivity index (χ2v) is 19.7. The van der Waals surface area contributed by atoms with Crippen molar-refractivity contribution < 1.29 is 27.4 Å². The first-order valence-corrected chi connectivity index (χ1v) is 20.0. The SMILES string of the molecule is CCOC(=O)C[C@H]1CC[C@H](OC(=NN2CCN(CCS(C)(=O)=O)CC2)N(CC)COCC[Si](C)(C)C)CC1. The first-order chi connectivity index (χ1) is 17.9. The van der Waals surface area contributed by atoms with E-state index in [2.05, 4.69) is 36.4 Å². The normalized spacial score (nSPS) is 21.8. The Hall–Kier alpha value is -1.37. The number of sulfone groups is 1. The third-order valence-corrected chi connectivity index (χ3v) is 9.70. The van der Waals surface area contributed by atoms with E-state index in [1.807, 2.05) is 11.9 Å². The van der Waals surface area contributed by atoms with E-state index < -0.39 is 17.9 Å². The average Bonchev–Trinajstić information content (AvgIpc) is 2.83. The minimum Gasteiger partial charge on any atom is -0.466 e. The maximum atomic E-state index is 11.9. The smallest absolute Gasteiger partial charge is 0.311 e. The van der Waals surface area contributed by atoms with Crippen molar-refractivity contribution in [1.29, 1.82) is 0 Å². The van der Waals surface area contributed by atoms with Crippen LogP contribution in [0.15, 0.2) is 5.10 Å². The van der Waals surface area contributed by atoms with Crippen LogP contribution in [0.4, 0.5) is 0 Å². The van der Waals surface area contributed by atoms with Gasteiger partial charge in [0.1, 0.15) is 22.7 Å². The van der Waals surface area contributed by atoms with Crippen molar-refractivity contribution in [1.82, 2.24) is 14.8 Å². The summed E-state index contributed by atoms with van der Waals surface area (Å²) in [5.74, 6) is 0.422. The molecule has 0 spiro atoms. The summed E-state index contributed by atoms with van der Waals surface area (Å²) in [6, 6.07) is 1.71. The fourth-order valence-corrected chi connectivity index (χ4v) is 5.88. The molecule has 1 saturated heterocycles. The number of hydrazone groups is 1. The van der Waals surface area contributed by atoms with Gasteiger partial charge in [0.05, 0.1) is 12.4 Å². The minimum absolute atomic E-state index is 0.0549. The average molecular weight is 577 g/mol. The zero-order valence-electron chi connectivity index (χ0n) is 24.6. The van der Waals surface area contributed by atoms with E-state index in [0.717, 1.165) is 71.1 Å². The fourth-order valence-electron chi connectivity index (χ4n) is 4.53. The van der Waals surface area contributed by atoms with E-state index in [4.69, 9.17) is 19.3 Å². The number of esters is 1. The number of nitrogens with zero attached hydrogens (tertiary/aromatic N) is 4. The second kappa shape index (κ2) is 16.0. The summed E-state index contributed by atoms with van der Waals surface area (Å²) in [7, 11) is -4.14. The molecule has 10 nitrogen and oxygen atoms in total. The van der Waals surface area contributed by atoms with Crippen molar-refractivity contribution in [3.05, 3.63) is 0 Å². The molecule has 0 aromatic carbocycles. The molecule has 1 aliphatic carbocycles. The first-order valence-electron chi connectivity index (χ1n) is 14.3. The Balaban J connectivity index is 1.99. The molecular formula is C26H52N4O6SSi. The molecule has 0 aromatic heterocycles. The van der Waals surface area contributed by atoms with Crippen molar-refractivity contribution >= 4 is 29.9 Å². The van der Waals surface area contributed by atoms with Gasteiger partial charge in [0.25, 0.3) is 0 Å². The zero-order valence-corrected chi connectivity index (χ0v) is 26.4. The maximum Gasteiger partial charge on any atom is 0.311 e. The van der Waals surface area contributed by atoms with Crippen LogP contribution in [-0.4, -0.2) is 121 Å². The van der Waals surface area contributed by atoms with Gasteiger partial charge in [0.15, 0.2) is 0 Å². The van der Waals surface area contributed by atoms with Crippen molar-refractivity contribution in [2.24, 2.45) is 11.0 Å². The second-order valence-electron chi connectivity index (χ2n) is 11.8. The molecule has 2 fully saturated rings. The Morgan fingerprint density at radius 1 is 1.05 bits per heavy atom. The molecule has 0 amide bonds. The lowest BCUT2D eigenvalue weighted by atomic mass is 9.85. The quantitative estimate of drug-likeness (QED) is 0.0771. The first kappa shape index (κ1) is 32.8. The number of hydrogen-bond donors (Lipinski definition) is 0. The van der Waals surface area contributed by atoms with Gasteiger partial charge < -0.3 is 19.1 Å². The Labute approximate surface area is 232 Å². The van der Waals surface area contributed by atoms with E-state index >= 15 is 0 Å². The van der Waals surface area contributed by atoms with Gasteiger partial charge >= 0.3 is 12.0 Å². The summed E-state index contributed by atoms with van der Waals surface area (Å²) in [5, 5.41) is 6.96. The molecular weight excluding hydrogens is 524 g/mol. The molecule has 38 heavy (non-hydrogen) atoms. The van der Waals surface area contributed by atoms with Crippen LogP contribution in [0, 0.1) is 5.92 Å². The van der Waals surface area contributed by atoms with Crippen LogP contribution >= 0.6 is 0 Å². The molecule has 1 saturated carbocycles. The molecule has 0 atom stereocenters. The Morgan fingerprint density at radius 3 is 2.26 bits per heavy atom. The van der Waals surface area contributed by atoms with E-state index in [-0.39, 0.29) is 17.8 Å². The highest BCUT2D eigenvalue weighted by Gasteiger charge is 2.28.